The first-order chi connectivity index (χ1) is 15.1. The van der Waals surface area contributed by atoms with Crippen molar-refractivity contribution in [2.75, 3.05) is 25.0 Å². The van der Waals surface area contributed by atoms with Crippen molar-refractivity contribution in [1.29, 1.82) is 0 Å². The minimum absolute atomic E-state index is 0.717. The van der Waals surface area contributed by atoms with Crippen molar-refractivity contribution in [3.05, 3.63) is 53.5 Å². The van der Waals surface area contributed by atoms with E-state index in [1.54, 1.807) is 0 Å². The highest BCUT2D eigenvalue weighted by Gasteiger charge is 2.40. The Morgan fingerprint density at radius 1 is 1.03 bits per heavy atom. The molecule has 2 aliphatic rings. The molecule has 1 aliphatic carbocycles. The van der Waals surface area contributed by atoms with Gasteiger partial charge in [0, 0.05) is 39.4 Å². The second-order valence-electron chi connectivity index (χ2n) is 9.30. The number of hydrogen-bond acceptors (Lipinski definition) is 6. The van der Waals surface area contributed by atoms with Gasteiger partial charge >= 0.3 is 0 Å². The van der Waals surface area contributed by atoms with Crippen molar-refractivity contribution < 1.29 is 0 Å². The van der Waals surface area contributed by atoms with E-state index in [0.717, 1.165) is 53.6 Å². The average Bonchev–Trinajstić information content (AvgIpc) is 3.42. The van der Waals surface area contributed by atoms with E-state index in [-0.39, 0.29) is 0 Å². The number of aryl methyl sites for hydroxylation is 3. The van der Waals surface area contributed by atoms with Gasteiger partial charge in [0.05, 0.1) is 17.6 Å². The van der Waals surface area contributed by atoms with Crippen molar-refractivity contribution in [3.63, 3.8) is 0 Å². The molecule has 3 atom stereocenters. The Morgan fingerprint density at radius 3 is 2.48 bits per heavy atom. The summed E-state index contributed by atoms with van der Waals surface area (Å²) in [5.41, 5.74) is 5.52. The maximum atomic E-state index is 4.58. The fraction of sp³-hybridized carbons (Fsp3) is 0.500. The van der Waals surface area contributed by atoms with Crippen LogP contribution in [0.4, 0.5) is 5.82 Å². The van der Waals surface area contributed by atoms with Crippen LogP contribution in [0.3, 0.4) is 0 Å². The van der Waals surface area contributed by atoms with E-state index in [4.69, 9.17) is 0 Å². The van der Waals surface area contributed by atoms with E-state index in [2.05, 4.69) is 43.5 Å². The maximum absolute atomic E-state index is 4.58. The van der Waals surface area contributed by atoms with Gasteiger partial charge in [0.25, 0.3) is 0 Å². The Hall–Kier alpha value is -2.80. The molecule has 0 unspecified atom stereocenters. The minimum atomic E-state index is 0.717. The van der Waals surface area contributed by atoms with Crippen molar-refractivity contribution >= 4 is 5.82 Å². The molecule has 0 aromatic carbocycles. The van der Waals surface area contributed by atoms with E-state index in [1.165, 1.54) is 37.2 Å². The van der Waals surface area contributed by atoms with E-state index >= 15 is 0 Å². The van der Waals surface area contributed by atoms with Crippen LogP contribution in [-0.2, 0) is 13.6 Å². The lowest BCUT2D eigenvalue weighted by molar-refractivity contribution is 0.288. The number of fused-ring (bicyclic) bond motifs is 1. The molecule has 4 heterocycles. The summed E-state index contributed by atoms with van der Waals surface area (Å²) in [7, 11) is 1.94. The van der Waals surface area contributed by atoms with Crippen LogP contribution in [0.25, 0.3) is 11.4 Å². The fourth-order valence-electron chi connectivity index (χ4n) is 5.43. The third-order valence-corrected chi connectivity index (χ3v) is 7.02. The van der Waals surface area contributed by atoms with Crippen LogP contribution in [0.2, 0.25) is 0 Å². The van der Waals surface area contributed by atoms with E-state index in [1.807, 2.05) is 49.2 Å². The number of anilines is 1. The largest absolute Gasteiger partial charge is 0.368 e. The van der Waals surface area contributed by atoms with Crippen LogP contribution in [0.5, 0.6) is 0 Å². The fourth-order valence-corrected chi connectivity index (χ4v) is 5.43. The molecule has 31 heavy (non-hydrogen) atoms. The summed E-state index contributed by atoms with van der Waals surface area (Å²) in [4.78, 5) is 7.17. The van der Waals surface area contributed by atoms with Crippen molar-refractivity contribution in [2.45, 2.75) is 33.2 Å². The molecule has 0 amide bonds. The van der Waals surface area contributed by atoms with Crippen LogP contribution in [-0.4, -0.2) is 49.5 Å². The predicted octanol–water partition coefficient (Wildman–Crippen LogP) is 3.46. The summed E-state index contributed by atoms with van der Waals surface area (Å²) in [5, 5.41) is 16.6. The molecule has 5 rings (SSSR count). The van der Waals surface area contributed by atoms with E-state index in [0.29, 0.717) is 0 Å². The molecule has 2 fully saturated rings. The van der Waals surface area contributed by atoms with Crippen LogP contribution in [0.15, 0.2) is 36.7 Å². The van der Waals surface area contributed by atoms with Gasteiger partial charge in [0.15, 0.2) is 0 Å². The number of aromatic nitrogens is 5. The van der Waals surface area contributed by atoms with Gasteiger partial charge in [0.1, 0.15) is 11.5 Å². The standard InChI is InChI=1S/C24H31N7/c1-16-5-4-8-25-22(16)15-31-13-19-9-18(10-20(19)14-31)12-26-23-7-6-21(28-29-23)24-17(2)11-27-30(24)3/h4-8,11,18-20H,9-10,12-15H2,1-3H3,(H,26,29)/t18-,19+,20-. The van der Waals surface area contributed by atoms with Crippen LogP contribution < -0.4 is 5.32 Å². The van der Waals surface area contributed by atoms with Gasteiger partial charge in [-0.2, -0.15) is 5.10 Å². The lowest BCUT2D eigenvalue weighted by Crippen LogP contribution is -2.24. The molecule has 1 aliphatic heterocycles. The summed E-state index contributed by atoms with van der Waals surface area (Å²) in [5.74, 6) is 3.21. The highest BCUT2D eigenvalue weighted by atomic mass is 15.3. The first-order valence-electron chi connectivity index (χ1n) is 11.3. The summed E-state index contributed by atoms with van der Waals surface area (Å²) >= 11 is 0. The number of nitrogens with one attached hydrogen (secondary N) is 1. The molecule has 0 spiro atoms. The third-order valence-electron chi connectivity index (χ3n) is 7.02. The van der Waals surface area contributed by atoms with E-state index in [9.17, 15) is 0 Å². The molecule has 3 aromatic rings. The third kappa shape index (κ3) is 4.19. The van der Waals surface area contributed by atoms with Crippen molar-refractivity contribution in [2.24, 2.45) is 24.8 Å². The topological polar surface area (TPSA) is 71.8 Å². The molecule has 1 saturated carbocycles. The van der Waals surface area contributed by atoms with Gasteiger partial charge in [0.2, 0.25) is 0 Å². The molecule has 162 valence electrons. The lowest BCUT2D eigenvalue weighted by Gasteiger charge is -2.19. The average molecular weight is 418 g/mol. The summed E-state index contributed by atoms with van der Waals surface area (Å²) in [6.45, 7) is 8.58. The van der Waals surface area contributed by atoms with Crippen molar-refractivity contribution in [3.8, 4) is 11.4 Å². The maximum Gasteiger partial charge on any atom is 0.148 e. The second kappa shape index (κ2) is 8.38. The Kier molecular flexibility index (Phi) is 5.44. The number of hydrogen-bond donors (Lipinski definition) is 1. The van der Waals surface area contributed by atoms with Gasteiger partial charge in [-0.25, -0.2) is 0 Å². The Bertz CT molecular complexity index is 1010. The van der Waals surface area contributed by atoms with Gasteiger partial charge in [-0.3, -0.25) is 14.6 Å². The van der Waals surface area contributed by atoms with Gasteiger partial charge in [-0.15, -0.1) is 10.2 Å². The molecule has 1 N–H and O–H groups in total. The predicted molar refractivity (Wildman–Crippen MR) is 121 cm³/mol. The summed E-state index contributed by atoms with van der Waals surface area (Å²) < 4.78 is 1.85. The summed E-state index contributed by atoms with van der Waals surface area (Å²) in [6, 6.07) is 8.24. The molecule has 7 nitrogen and oxygen atoms in total. The Labute approximate surface area is 183 Å². The van der Waals surface area contributed by atoms with Crippen LogP contribution in [0, 0.1) is 31.6 Å². The first-order valence-corrected chi connectivity index (χ1v) is 11.3. The Morgan fingerprint density at radius 2 is 1.84 bits per heavy atom. The molecular weight excluding hydrogens is 386 g/mol. The number of nitrogens with zero attached hydrogens (tertiary/aromatic N) is 6. The molecule has 1 saturated heterocycles. The van der Waals surface area contributed by atoms with Crippen molar-refractivity contribution in [1.82, 2.24) is 29.9 Å². The monoisotopic (exact) mass is 417 g/mol. The zero-order valence-corrected chi connectivity index (χ0v) is 18.6. The number of likely N-dealkylation sites (tertiary alicyclic amines) is 1. The highest BCUT2D eigenvalue weighted by molar-refractivity contribution is 5.59. The normalized spacial score (nSPS) is 23.3. The minimum Gasteiger partial charge on any atom is -0.368 e. The lowest BCUT2D eigenvalue weighted by atomic mass is 10.0. The van der Waals surface area contributed by atoms with Crippen LogP contribution >= 0.6 is 0 Å². The Balaban J connectivity index is 1.12. The second-order valence-corrected chi connectivity index (χ2v) is 9.30. The van der Waals surface area contributed by atoms with Gasteiger partial charge in [-0.1, -0.05) is 6.07 Å². The molecule has 0 bridgehead atoms. The zero-order chi connectivity index (χ0) is 21.4. The molecular formula is C24H31N7. The van der Waals surface area contributed by atoms with Crippen LogP contribution in [0.1, 0.15) is 29.7 Å². The van der Waals surface area contributed by atoms with Gasteiger partial charge < -0.3 is 5.32 Å². The summed E-state index contributed by atoms with van der Waals surface area (Å²) in [6.07, 6.45) is 6.37. The molecule has 0 radical (unpaired) electrons. The number of rotatable bonds is 6. The smallest absolute Gasteiger partial charge is 0.148 e. The quantitative estimate of drug-likeness (QED) is 0.662. The SMILES string of the molecule is Cc1cccnc1CN1C[C@H]2C[C@H](CNc3ccc(-c4c(C)cnn4C)nn3)C[C@H]2C1. The number of pyridine rings is 1. The highest BCUT2D eigenvalue weighted by Crippen LogP contribution is 2.42. The van der Waals surface area contributed by atoms with Gasteiger partial charge in [-0.05, 0) is 73.8 Å². The first kappa shape index (κ1) is 20.1. The zero-order valence-electron chi connectivity index (χ0n) is 18.6. The van der Waals surface area contributed by atoms with E-state index < -0.39 is 0 Å². The molecule has 3 aromatic heterocycles. The molecule has 7 heteroatoms.